The van der Waals surface area contributed by atoms with Crippen molar-refractivity contribution in [2.45, 2.75) is 30.7 Å². The molecule has 1 rings (SSSR count). The van der Waals surface area contributed by atoms with Crippen molar-refractivity contribution in [1.82, 2.24) is 0 Å². The van der Waals surface area contributed by atoms with Gasteiger partial charge in [0.05, 0.1) is 0 Å². The third-order valence-electron chi connectivity index (χ3n) is 2.08. The van der Waals surface area contributed by atoms with Crippen molar-refractivity contribution < 1.29 is 34.7 Å². The number of aliphatic carboxylic acids is 1. The van der Waals surface area contributed by atoms with E-state index in [9.17, 15) is 9.90 Å². The van der Waals surface area contributed by atoms with Crippen molar-refractivity contribution >= 4 is 5.97 Å². The van der Waals surface area contributed by atoms with Crippen LogP contribution in [0.3, 0.4) is 0 Å². The maximum Gasteiger partial charge on any atom is 0.335 e. The number of carboxylic acids is 1. The number of carbonyl (C=O) groups is 1. The largest absolute Gasteiger partial charge is 0.479 e. The van der Waals surface area contributed by atoms with Crippen molar-refractivity contribution in [3.63, 3.8) is 0 Å². The summed E-state index contributed by atoms with van der Waals surface area (Å²) in [6, 6.07) is 0. The van der Waals surface area contributed by atoms with Crippen LogP contribution in [0.4, 0.5) is 0 Å². The van der Waals surface area contributed by atoms with Gasteiger partial charge in [-0.1, -0.05) is 0 Å². The van der Waals surface area contributed by atoms with E-state index in [0.29, 0.717) is 0 Å². The summed E-state index contributed by atoms with van der Waals surface area (Å²) >= 11 is 0. The van der Waals surface area contributed by atoms with Crippen LogP contribution in [0, 0.1) is 0 Å². The first-order valence-corrected chi connectivity index (χ1v) is 3.94. The molecule has 0 bridgehead atoms. The van der Waals surface area contributed by atoms with E-state index in [1.165, 1.54) is 7.11 Å². The lowest BCUT2D eigenvalue weighted by Crippen LogP contribution is -2.60. The molecule has 1 fully saturated rings. The number of hydrogen-bond donors (Lipinski definition) is 4. The zero-order valence-electron chi connectivity index (χ0n) is 7.40. The molecular formula is C7H12O7. The zero-order valence-corrected chi connectivity index (χ0v) is 7.40. The van der Waals surface area contributed by atoms with Gasteiger partial charge >= 0.3 is 5.97 Å². The Hall–Kier alpha value is -0.730. The molecule has 4 N–H and O–H groups in total. The molecular weight excluding hydrogens is 196 g/mol. The summed E-state index contributed by atoms with van der Waals surface area (Å²) in [4.78, 5) is 10.6. The molecule has 0 aromatic carbocycles. The molecule has 82 valence electrons. The Kier molecular flexibility index (Phi) is 3.40. The van der Waals surface area contributed by atoms with E-state index in [1.54, 1.807) is 0 Å². The zero-order chi connectivity index (χ0) is 10.9. The number of hydrogen-bond acceptors (Lipinski definition) is 6. The highest BCUT2D eigenvalue weighted by atomic mass is 16.7. The molecule has 0 aromatic rings. The van der Waals surface area contributed by atoms with Crippen LogP contribution in [0.1, 0.15) is 0 Å². The van der Waals surface area contributed by atoms with E-state index in [1.807, 2.05) is 0 Å². The number of methoxy groups -OCH3 is 1. The van der Waals surface area contributed by atoms with E-state index in [4.69, 9.17) is 15.3 Å². The first-order valence-electron chi connectivity index (χ1n) is 3.94. The fourth-order valence-electron chi connectivity index (χ4n) is 1.31. The molecule has 0 aromatic heterocycles. The molecule has 2 unspecified atom stereocenters. The third kappa shape index (κ3) is 1.86. The fourth-order valence-corrected chi connectivity index (χ4v) is 1.31. The average molecular weight is 208 g/mol. The van der Waals surface area contributed by atoms with Crippen LogP contribution in [0.25, 0.3) is 0 Å². The fraction of sp³-hybridized carbons (Fsp3) is 0.857. The monoisotopic (exact) mass is 208 g/mol. The lowest BCUT2D eigenvalue weighted by Gasteiger charge is -2.37. The van der Waals surface area contributed by atoms with Crippen LogP contribution in [0.2, 0.25) is 0 Å². The second-order valence-electron chi connectivity index (χ2n) is 2.97. The van der Waals surface area contributed by atoms with Gasteiger partial charge in [0.1, 0.15) is 18.3 Å². The molecule has 0 radical (unpaired) electrons. The van der Waals surface area contributed by atoms with Gasteiger partial charge in [0, 0.05) is 7.11 Å². The second-order valence-corrected chi connectivity index (χ2v) is 2.97. The molecule has 14 heavy (non-hydrogen) atoms. The van der Waals surface area contributed by atoms with Gasteiger partial charge in [-0.05, 0) is 0 Å². The quantitative estimate of drug-likeness (QED) is 0.397. The number of rotatable bonds is 2. The molecule has 7 heteroatoms. The molecule has 1 saturated heterocycles. The molecule has 0 amide bonds. The molecule has 5 atom stereocenters. The van der Waals surface area contributed by atoms with Gasteiger partial charge in [0.15, 0.2) is 12.4 Å². The van der Waals surface area contributed by atoms with E-state index in [-0.39, 0.29) is 0 Å². The lowest BCUT2D eigenvalue weighted by atomic mass is 9.99. The SMILES string of the molecule is CO[C@@H]1C(C(=O)O)O[C@@H](O)C(O)[C@H]1O. The molecule has 1 aliphatic rings. The number of carboxylic acid groups (broad SMARTS) is 1. The van der Waals surface area contributed by atoms with Gasteiger partial charge in [-0.2, -0.15) is 0 Å². The summed E-state index contributed by atoms with van der Waals surface area (Å²) in [6.07, 6.45) is -7.49. The van der Waals surface area contributed by atoms with Gasteiger partial charge in [0.25, 0.3) is 0 Å². The Morgan fingerprint density at radius 1 is 1.29 bits per heavy atom. The first-order chi connectivity index (χ1) is 6.49. The van der Waals surface area contributed by atoms with E-state index in [2.05, 4.69) is 9.47 Å². The predicted octanol–water partition coefficient (Wildman–Crippen LogP) is -2.47. The summed E-state index contributed by atoms with van der Waals surface area (Å²) in [5, 5.41) is 36.2. The Morgan fingerprint density at radius 2 is 1.86 bits per heavy atom. The Labute approximate surface area is 79.5 Å². The van der Waals surface area contributed by atoms with Gasteiger partial charge in [-0.3, -0.25) is 0 Å². The minimum absolute atomic E-state index is 1.18. The van der Waals surface area contributed by atoms with E-state index in [0.717, 1.165) is 0 Å². The molecule has 0 saturated carbocycles. The Morgan fingerprint density at radius 3 is 2.29 bits per heavy atom. The van der Waals surface area contributed by atoms with Crippen LogP contribution in [-0.4, -0.2) is 64.2 Å². The lowest BCUT2D eigenvalue weighted by molar-refractivity contribution is -0.283. The van der Waals surface area contributed by atoms with Gasteiger partial charge in [-0.15, -0.1) is 0 Å². The van der Waals surface area contributed by atoms with Crippen molar-refractivity contribution in [3.8, 4) is 0 Å². The molecule has 1 heterocycles. The molecule has 1 aliphatic heterocycles. The van der Waals surface area contributed by atoms with Crippen molar-refractivity contribution in [2.75, 3.05) is 7.11 Å². The highest BCUT2D eigenvalue weighted by Gasteiger charge is 2.47. The first kappa shape index (κ1) is 11.3. The normalized spacial score (nSPS) is 43.6. The van der Waals surface area contributed by atoms with E-state index >= 15 is 0 Å². The summed E-state index contributed by atoms with van der Waals surface area (Å²) in [5.74, 6) is -1.37. The summed E-state index contributed by atoms with van der Waals surface area (Å²) in [6.45, 7) is 0. The number of ether oxygens (including phenoxy) is 2. The number of aliphatic hydroxyl groups is 3. The molecule has 7 nitrogen and oxygen atoms in total. The van der Waals surface area contributed by atoms with Crippen LogP contribution in [-0.2, 0) is 14.3 Å². The van der Waals surface area contributed by atoms with Crippen LogP contribution in [0.5, 0.6) is 0 Å². The minimum atomic E-state index is -1.72. The topological polar surface area (TPSA) is 116 Å². The van der Waals surface area contributed by atoms with Gasteiger partial charge in [-0.25, -0.2) is 4.79 Å². The van der Waals surface area contributed by atoms with Crippen LogP contribution >= 0.6 is 0 Å². The predicted molar refractivity (Wildman–Crippen MR) is 41.3 cm³/mol. The maximum absolute atomic E-state index is 10.6. The summed E-state index contributed by atoms with van der Waals surface area (Å²) < 4.78 is 9.22. The van der Waals surface area contributed by atoms with Crippen molar-refractivity contribution in [3.05, 3.63) is 0 Å². The number of aliphatic hydroxyl groups excluding tert-OH is 3. The molecule has 0 spiro atoms. The Balaban J connectivity index is 2.82. The van der Waals surface area contributed by atoms with Gasteiger partial charge < -0.3 is 29.9 Å². The van der Waals surface area contributed by atoms with Crippen molar-refractivity contribution in [2.24, 2.45) is 0 Å². The average Bonchev–Trinajstić information content (AvgIpc) is 2.13. The smallest absolute Gasteiger partial charge is 0.335 e. The van der Waals surface area contributed by atoms with Gasteiger partial charge in [0.2, 0.25) is 0 Å². The highest BCUT2D eigenvalue weighted by Crippen LogP contribution is 2.21. The minimum Gasteiger partial charge on any atom is -0.479 e. The van der Waals surface area contributed by atoms with Crippen LogP contribution < -0.4 is 0 Å². The summed E-state index contributed by atoms with van der Waals surface area (Å²) in [5.41, 5.74) is 0. The summed E-state index contributed by atoms with van der Waals surface area (Å²) in [7, 11) is 1.18. The van der Waals surface area contributed by atoms with Crippen LogP contribution in [0.15, 0.2) is 0 Å². The highest BCUT2D eigenvalue weighted by molar-refractivity contribution is 5.73. The standard InChI is InChI=1S/C7H12O7/c1-13-4-2(8)3(9)7(12)14-5(4)6(10)11/h2-5,7-9,12H,1H3,(H,10,11)/t2-,3?,4+,5?,7-/m1/s1. The second kappa shape index (κ2) is 4.20. The third-order valence-corrected chi connectivity index (χ3v) is 2.08. The van der Waals surface area contributed by atoms with Crippen molar-refractivity contribution in [1.29, 1.82) is 0 Å². The van der Waals surface area contributed by atoms with E-state index < -0.39 is 36.7 Å². The molecule has 0 aliphatic carbocycles. The Bertz CT molecular complexity index is 218. The maximum atomic E-state index is 10.6.